The third-order valence-corrected chi connectivity index (χ3v) is 3.55. The van der Waals surface area contributed by atoms with E-state index in [1.165, 1.54) is 37.1 Å². The Morgan fingerprint density at radius 1 is 1.44 bits per heavy atom. The Bertz CT molecular complexity index is 305. The number of aliphatic imine (C=N–C) groups is 1. The van der Waals surface area contributed by atoms with E-state index < -0.39 is 0 Å². The van der Waals surface area contributed by atoms with Gasteiger partial charge in [0.05, 0.1) is 0 Å². The predicted molar refractivity (Wildman–Crippen MR) is 72.8 cm³/mol. The number of rotatable bonds is 5. The molecular formula is C15H25N. The van der Waals surface area contributed by atoms with Crippen LogP contribution in [-0.4, -0.2) is 5.71 Å². The molecule has 1 unspecified atom stereocenters. The summed E-state index contributed by atoms with van der Waals surface area (Å²) in [5, 5.41) is 0. The third-order valence-electron chi connectivity index (χ3n) is 3.55. The summed E-state index contributed by atoms with van der Waals surface area (Å²) < 4.78 is 0. The first-order valence-electron chi connectivity index (χ1n) is 6.46. The average Bonchev–Trinajstić information content (AvgIpc) is 2.12. The Labute approximate surface area is 100 Å². The van der Waals surface area contributed by atoms with Gasteiger partial charge in [-0.15, -0.1) is 0 Å². The van der Waals surface area contributed by atoms with Crippen molar-refractivity contribution in [2.24, 2.45) is 16.8 Å². The highest BCUT2D eigenvalue weighted by Crippen LogP contribution is 2.34. The van der Waals surface area contributed by atoms with E-state index in [4.69, 9.17) is 4.99 Å². The van der Waals surface area contributed by atoms with E-state index in [9.17, 15) is 0 Å². The lowest BCUT2D eigenvalue weighted by Crippen LogP contribution is -2.15. The summed E-state index contributed by atoms with van der Waals surface area (Å²) in [6.07, 6.45) is 7.29. The van der Waals surface area contributed by atoms with E-state index in [0.717, 1.165) is 5.57 Å². The number of hydrogen-bond acceptors (Lipinski definition) is 1. The largest absolute Gasteiger partial charge is 0.262 e. The molecule has 1 aliphatic rings. The minimum absolute atomic E-state index is 0.591. The molecule has 0 heterocycles. The maximum absolute atomic E-state index is 4.83. The van der Waals surface area contributed by atoms with Crippen molar-refractivity contribution < 1.29 is 0 Å². The lowest BCUT2D eigenvalue weighted by molar-refractivity contribution is 0.365. The van der Waals surface area contributed by atoms with Crippen molar-refractivity contribution in [3.05, 3.63) is 23.9 Å². The van der Waals surface area contributed by atoms with Crippen molar-refractivity contribution >= 4 is 5.71 Å². The van der Waals surface area contributed by atoms with Gasteiger partial charge in [0.25, 0.3) is 0 Å². The van der Waals surface area contributed by atoms with Gasteiger partial charge in [-0.2, -0.15) is 0 Å². The molecule has 0 aliphatic heterocycles. The van der Waals surface area contributed by atoms with E-state index in [1.54, 1.807) is 0 Å². The molecule has 0 spiro atoms. The Morgan fingerprint density at radius 2 is 2.06 bits per heavy atom. The van der Waals surface area contributed by atoms with Crippen LogP contribution in [0.5, 0.6) is 0 Å². The van der Waals surface area contributed by atoms with Crippen LogP contribution in [0.4, 0.5) is 0 Å². The molecular weight excluding hydrogens is 194 g/mol. The molecule has 0 aromatic carbocycles. The number of nitrogens with zero attached hydrogens (tertiary/aromatic N) is 1. The molecule has 0 saturated heterocycles. The van der Waals surface area contributed by atoms with Gasteiger partial charge < -0.3 is 0 Å². The van der Waals surface area contributed by atoms with Crippen LogP contribution in [0.2, 0.25) is 0 Å². The zero-order valence-electron chi connectivity index (χ0n) is 11.2. The summed E-state index contributed by atoms with van der Waals surface area (Å²) in [6.45, 7) is 12.6. The van der Waals surface area contributed by atoms with Crippen molar-refractivity contribution in [1.29, 1.82) is 0 Å². The lowest BCUT2D eigenvalue weighted by Gasteiger charge is -2.26. The quantitative estimate of drug-likeness (QED) is 0.467. The molecule has 16 heavy (non-hydrogen) atoms. The monoisotopic (exact) mass is 219 g/mol. The predicted octanol–water partition coefficient (Wildman–Crippen LogP) is 4.75. The lowest BCUT2D eigenvalue weighted by atomic mass is 9.82. The van der Waals surface area contributed by atoms with Gasteiger partial charge in [-0.1, -0.05) is 32.4 Å². The first kappa shape index (κ1) is 13.2. The second-order valence-electron chi connectivity index (χ2n) is 5.11. The molecule has 90 valence electrons. The third kappa shape index (κ3) is 3.62. The van der Waals surface area contributed by atoms with Crippen molar-refractivity contribution in [2.45, 2.75) is 53.4 Å². The number of allylic oxidation sites excluding steroid dienone is 3. The SMILES string of the molecule is C=C(C)/C=C(\N=C(\C)C(C)CC)C1CCC1. The van der Waals surface area contributed by atoms with Gasteiger partial charge in [0.15, 0.2) is 0 Å². The van der Waals surface area contributed by atoms with Crippen LogP contribution in [0, 0.1) is 11.8 Å². The molecule has 1 rings (SSSR count). The molecule has 0 aromatic rings. The maximum Gasteiger partial charge on any atom is 0.0436 e. The normalized spacial score (nSPS) is 20.5. The van der Waals surface area contributed by atoms with Gasteiger partial charge in [-0.05, 0) is 45.1 Å². The van der Waals surface area contributed by atoms with E-state index in [0.29, 0.717) is 11.8 Å². The fourth-order valence-electron chi connectivity index (χ4n) is 1.81. The summed E-state index contributed by atoms with van der Waals surface area (Å²) >= 11 is 0. The zero-order valence-corrected chi connectivity index (χ0v) is 11.2. The molecule has 0 bridgehead atoms. The minimum atomic E-state index is 0.591. The highest BCUT2D eigenvalue weighted by Gasteiger charge is 2.22. The Hall–Kier alpha value is -0.850. The van der Waals surface area contributed by atoms with Crippen LogP contribution >= 0.6 is 0 Å². The van der Waals surface area contributed by atoms with Crippen LogP contribution in [-0.2, 0) is 0 Å². The van der Waals surface area contributed by atoms with Crippen molar-refractivity contribution in [3.63, 3.8) is 0 Å². The Balaban J connectivity index is 2.81. The molecule has 1 heteroatoms. The molecule has 0 aromatic heterocycles. The Kier molecular flexibility index (Phi) is 4.98. The Morgan fingerprint density at radius 3 is 2.44 bits per heavy atom. The van der Waals surface area contributed by atoms with Crippen LogP contribution in [0.3, 0.4) is 0 Å². The second-order valence-corrected chi connectivity index (χ2v) is 5.11. The van der Waals surface area contributed by atoms with Gasteiger partial charge in [0.1, 0.15) is 0 Å². The maximum atomic E-state index is 4.83. The highest BCUT2D eigenvalue weighted by atomic mass is 14.8. The summed E-state index contributed by atoms with van der Waals surface area (Å²) in [7, 11) is 0. The van der Waals surface area contributed by atoms with Crippen LogP contribution in [0.1, 0.15) is 53.4 Å². The summed E-state index contributed by atoms with van der Waals surface area (Å²) in [5.41, 5.74) is 3.64. The summed E-state index contributed by atoms with van der Waals surface area (Å²) in [6, 6.07) is 0. The molecule has 1 saturated carbocycles. The van der Waals surface area contributed by atoms with Crippen molar-refractivity contribution in [1.82, 2.24) is 0 Å². The molecule has 1 aliphatic carbocycles. The van der Waals surface area contributed by atoms with Crippen LogP contribution < -0.4 is 0 Å². The van der Waals surface area contributed by atoms with E-state index in [2.05, 4.69) is 33.4 Å². The van der Waals surface area contributed by atoms with Crippen LogP contribution in [0.15, 0.2) is 28.9 Å². The van der Waals surface area contributed by atoms with Gasteiger partial charge >= 0.3 is 0 Å². The second kappa shape index (κ2) is 6.03. The van der Waals surface area contributed by atoms with Gasteiger partial charge in [0.2, 0.25) is 0 Å². The van der Waals surface area contributed by atoms with Crippen molar-refractivity contribution in [2.75, 3.05) is 0 Å². The van der Waals surface area contributed by atoms with Gasteiger partial charge in [-0.25, -0.2) is 0 Å². The number of hydrogen-bond donors (Lipinski definition) is 0. The van der Waals surface area contributed by atoms with Crippen molar-refractivity contribution in [3.8, 4) is 0 Å². The molecule has 1 atom stereocenters. The molecule has 1 fully saturated rings. The highest BCUT2D eigenvalue weighted by molar-refractivity contribution is 5.85. The molecule has 1 nitrogen and oxygen atoms in total. The first-order valence-corrected chi connectivity index (χ1v) is 6.46. The molecule has 0 radical (unpaired) electrons. The topological polar surface area (TPSA) is 12.4 Å². The first-order chi connectivity index (χ1) is 7.54. The molecule has 0 N–H and O–H groups in total. The minimum Gasteiger partial charge on any atom is -0.262 e. The smallest absolute Gasteiger partial charge is 0.0436 e. The average molecular weight is 219 g/mol. The molecule has 0 amide bonds. The fraction of sp³-hybridized carbons (Fsp3) is 0.667. The van der Waals surface area contributed by atoms with E-state index >= 15 is 0 Å². The van der Waals surface area contributed by atoms with Gasteiger partial charge in [0, 0.05) is 17.3 Å². The standard InChI is InChI=1S/C15H25N/c1-6-12(4)13(5)16-15(10-11(2)3)14-8-7-9-14/h10,12,14H,2,6-9H2,1,3-5H3/b15-10-,16-13-. The van der Waals surface area contributed by atoms with E-state index in [1.807, 2.05) is 6.92 Å². The fourth-order valence-corrected chi connectivity index (χ4v) is 1.81. The zero-order chi connectivity index (χ0) is 12.1. The van der Waals surface area contributed by atoms with Crippen LogP contribution in [0.25, 0.3) is 0 Å². The summed E-state index contributed by atoms with van der Waals surface area (Å²) in [4.78, 5) is 4.83. The van der Waals surface area contributed by atoms with E-state index in [-0.39, 0.29) is 0 Å². The summed E-state index contributed by atoms with van der Waals surface area (Å²) in [5.74, 6) is 1.28. The van der Waals surface area contributed by atoms with Gasteiger partial charge in [-0.3, -0.25) is 4.99 Å².